The highest BCUT2D eigenvalue weighted by Crippen LogP contribution is 2.28. The maximum Gasteiger partial charge on any atom is 0.258 e. The van der Waals surface area contributed by atoms with E-state index in [0.717, 1.165) is 17.5 Å². The molecule has 2 aromatic carbocycles. The number of nitrogens with one attached hydrogen (secondary N) is 1. The van der Waals surface area contributed by atoms with Crippen LogP contribution in [-0.2, 0) is 11.2 Å². The number of methoxy groups -OCH3 is 1. The molecule has 0 aliphatic heterocycles. The molecule has 0 aliphatic carbocycles. The van der Waals surface area contributed by atoms with Gasteiger partial charge in [-0.25, -0.2) is 0 Å². The Morgan fingerprint density at radius 1 is 1.21 bits per heavy atom. The largest absolute Gasteiger partial charge is 0.493 e. The lowest BCUT2D eigenvalue weighted by molar-refractivity contribution is -0.123. The van der Waals surface area contributed by atoms with E-state index in [-0.39, 0.29) is 18.6 Å². The number of carbonyl (C=O) groups is 1. The summed E-state index contributed by atoms with van der Waals surface area (Å²) >= 11 is 0. The van der Waals surface area contributed by atoms with Crippen molar-refractivity contribution in [1.82, 2.24) is 5.32 Å². The molecule has 1 N–H and O–H groups in total. The monoisotopic (exact) mass is 325 g/mol. The average molecular weight is 325 g/mol. The number of benzene rings is 2. The van der Waals surface area contributed by atoms with Gasteiger partial charge in [0, 0.05) is 0 Å². The molecule has 0 bridgehead atoms. The van der Waals surface area contributed by atoms with Crippen LogP contribution >= 0.6 is 0 Å². The molecule has 0 heterocycles. The molecule has 2 aromatic rings. The summed E-state index contributed by atoms with van der Waals surface area (Å²) in [6.07, 6.45) is 2.58. The average Bonchev–Trinajstić information content (AvgIpc) is 2.61. The van der Waals surface area contributed by atoms with Gasteiger partial charge in [0.05, 0.1) is 13.2 Å². The van der Waals surface area contributed by atoms with Crippen LogP contribution in [0.1, 0.15) is 24.1 Å². The van der Waals surface area contributed by atoms with E-state index in [0.29, 0.717) is 11.5 Å². The number of allylic oxidation sites excluding steroid dienone is 1. The highest BCUT2D eigenvalue weighted by molar-refractivity contribution is 5.78. The Balaban J connectivity index is 1.92. The van der Waals surface area contributed by atoms with E-state index >= 15 is 0 Å². The molecule has 4 nitrogen and oxygen atoms in total. The van der Waals surface area contributed by atoms with Crippen molar-refractivity contribution in [3.8, 4) is 11.5 Å². The van der Waals surface area contributed by atoms with E-state index in [1.54, 1.807) is 7.11 Å². The lowest BCUT2D eigenvalue weighted by atomic mass is 10.1. The summed E-state index contributed by atoms with van der Waals surface area (Å²) in [6.45, 7) is 5.60. The Morgan fingerprint density at radius 2 is 1.96 bits per heavy atom. The van der Waals surface area contributed by atoms with E-state index in [4.69, 9.17) is 9.47 Å². The minimum Gasteiger partial charge on any atom is -0.493 e. The fraction of sp³-hybridized carbons (Fsp3) is 0.250. The molecule has 1 atom stereocenters. The van der Waals surface area contributed by atoms with Crippen molar-refractivity contribution in [2.45, 2.75) is 19.4 Å². The van der Waals surface area contributed by atoms with Crippen LogP contribution in [0, 0.1) is 0 Å². The molecular formula is C20H23NO3. The lowest BCUT2D eigenvalue weighted by Gasteiger charge is -2.15. The molecule has 2 rings (SSSR count). The predicted octanol–water partition coefficient (Wildman–Crippen LogP) is 3.68. The fourth-order valence-electron chi connectivity index (χ4n) is 2.38. The van der Waals surface area contributed by atoms with Gasteiger partial charge in [0.1, 0.15) is 0 Å². The Labute approximate surface area is 143 Å². The Bertz CT molecular complexity index is 683. The Hall–Kier alpha value is -2.75. The SMILES string of the molecule is C=CCc1ccc(OCC(=O)NC(C)c2ccccc2)c(OC)c1. The van der Waals surface area contributed by atoms with Crippen molar-refractivity contribution in [1.29, 1.82) is 0 Å². The van der Waals surface area contributed by atoms with Gasteiger partial charge in [-0.05, 0) is 36.6 Å². The topological polar surface area (TPSA) is 47.6 Å². The van der Waals surface area contributed by atoms with E-state index in [1.165, 1.54) is 0 Å². The van der Waals surface area contributed by atoms with Gasteiger partial charge < -0.3 is 14.8 Å². The smallest absolute Gasteiger partial charge is 0.258 e. The summed E-state index contributed by atoms with van der Waals surface area (Å²) in [5, 5.41) is 2.92. The Kier molecular flexibility index (Phi) is 6.43. The highest BCUT2D eigenvalue weighted by atomic mass is 16.5. The van der Waals surface area contributed by atoms with Gasteiger partial charge in [0.15, 0.2) is 18.1 Å². The van der Waals surface area contributed by atoms with Crippen LogP contribution in [0.25, 0.3) is 0 Å². The summed E-state index contributed by atoms with van der Waals surface area (Å²) in [5.41, 5.74) is 2.13. The normalized spacial score (nSPS) is 11.4. The molecule has 0 aromatic heterocycles. The number of rotatable bonds is 8. The first kappa shape index (κ1) is 17.6. The molecule has 0 saturated heterocycles. The standard InChI is InChI=1S/C20H23NO3/c1-4-8-16-11-12-18(19(13-16)23-3)24-14-20(22)21-15(2)17-9-6-5-7-10-17/h4-7,9-13,15H,1,8,14H2,2-3H3,(H,21,22). The van der Waals surface area contributed by atoms with Gasteiger partial charge in [-0.15, -0.1) is 6.58 Å². The van der Waals surface area contributed by atoms with Gasteiger partial charge in [-0.2, -0.15) is 0 Å². The molecule has 24 heavy (non-hydrogen) atoms. The molecule has 126 valence electrons. The van der Waals surface area contributed by atoms with Crippen molar-refractivity contribution in [3.05, 3.63) is 72.3 Å². The van der Waals surface area contributed by atoms with Crippen LogP contribution < -0.4 is 14.8 Å². The maximum absolute atomic E-state index is 12.1. The van der Waals surface area contributed by atoms with E-state index in [2.05, 4.69) is 11.9 Å². The first-order chi connectivity index (χ1) is 11.6. The summed E-state index contributed by atoms with van der Waals surface area (Å²) in [5.74, 6) is 0.981. The number of carbonyl (C=O) groups excluding carboxylic acids is 1. The molecule has 1 amide bonds. The van der Waals surface area contributed by atoms with Gasteiger partial charge in [-0.1, -0.05) is 42.5 Å². The third kappa shape index (κ3) is 4.88. The maximum atomic E-state index is 12.1. The van der Waals surface area contributed by atoms with Crippen molar-refractivity contribution in [3.63, 3.8) is 0 Å². The molecule has 0 saturated carbocycles. The number of hydrogen-bond donors (Lipinski definition) is 1. The number of amides is 1. The van der Waals surface area contributed by atoms with Crippen molar-refractivity contribution < 1.29 is 14.3 Å². The third-order valence-electron chi connectivity index (χ3n) is 3.64. The number of hydrogen-bond acceptors (Lipinski definition) is 3. The zero-order valence-electron chi connectivity index (χ0n) is 14.1. The summed E-state index contributed by atoms with van der Waals surface area (Å²) < 4.78 is 10.9. The zero-order chi connectivity index (χ0) is 17.4. The summed E-state index contributed by atoms with van der Waals surface area (Å²) in [6, 6.07) is 15.4. The third-order valence-corrected chi connectivity index (χ3v) is 3.64. The molecule has 0 fully saturated rings. The highest BCUT2D eigenvalue weighted by Gasteiger charge is 2.11. The van der Waals surface area contributed by atoms with Gasteiger partial charge in [0.2, 0.25) is 0 Å². The van der Waals surface area contributed by atoms with E-state index in [9.17, 15) is 4.79 Å². The summed E-state index contributed by atoms with van der Waals surface area (Å²) in [7, 11) is 1.58. The van der Waals surface area contributed by atoms with Crippen LogP contribution in [0.3, 0.4) is 0 Å². The minimum absolute atomic E-state index is 0.0612. The van der Waals surface area contributed by atoms with Gasteiger partial charge >= 0.3 is 0 Å². The van der Waals surface area contributed by atoms with E-state index in [1.807, 2.05) is 61.5 Å². The minimum atomic E-state index is -0.177. The first-order valence-electron chi connectivity index (χ1n) is 7.89. The van der Waals surface area contributed by atoms with Crippen molar-refractivity contribution >= 4 is 5.91 Å². The molecule has 0 aliphatic rings. The summed E-state index contributed by atoms with van der Waals surface area (Å²) in [4.78, 5) is 12.1. The van der Waals surface area contributed by atoms with E-state index < -0.39 is 0 Å². The second-order valence-electron chi connectivity index (χ2n) is 5.47. The van der Waals surface area contributed by atoms with Crippen LogP contribution in [0.15, 0.2) is 61.2 Å². The molecule has 1 unspecified atom stereocenters. The second kappa shape index (κ2) is 8.77. The quantitative estimate of drug-likeness (QED) is 0.753. The number of ether oxygens (including phenoxy) is 2. The van der Waals surface area contributed by atoms with Crippen LogP contribution in [0.2, 0.25) is 0 Å². The predicted molar refractivity (Wildman–Crippen MR) is 95.4 cm³/mol. The first-order valence-corrected chi connectivity index (χ1v) is 7.89. The van der Waals surface area contributed by atoms with Crippen LogP contribution in [-0.4, -0.2) is 19.6 Å². The van der Waals surface area contributed by atoms with Crippen molar-refractivity contribution in [2.24, 2.45) is 0 Å². The van der Waals surface area contributed by atoms with Crippen LogP contribution in [0.5, 0.6) is 11.5 Å². The molecule has 4 heteroatoms. The second-order valence-corrected chi connectivity index (χ2v) is 5.47. The molecular weight excluding hydrogens is 302 g/mol. The van der Waals surface area contributed by atoms with Gasteiger partial charge in [-0.3, -0.25) is 4.79 Å². The van der Waals surface area contributed by atoms with Crippen LogP contribution in [0.4, 0.5) is 0 Å². The molecule has 0 spiro atoms. The van der Waals surface area contributed by atoms with Crippen molar-refractivity contribution in [2.75, 3.05) is 13.7 Å². The fourth-order valence-corrected chi connectivity index (χ4v) is 2.38. The molecule has 0 radical (unpaired) electrons. The zero-order valence-corrected chi connectivity index (χ0v) is 14.1. The van der Waals surface area contributed by atoms with Gasteiger partial charge in [0.25, 0.3) is 5.91 Å². The lowest BCUT2D eigenvalue weighted by Crippen LogP contribution is -2.31. The Morgan fingerprint density at radius 3 is 2.62 bits per heavy atom.